The topological polar surface area (TPSA) is 61.9 Å². The molecule has 0 saturated carbocycles. The van der Waals surface area contributed by atoms with Gasteiger partial charge in [-0.1, -0.05) is 18.2 Å². The molecular formula is C18H18N4OS. The highest BCUT2D eigenvalue weighted by atomic mass is 32.2. The van der Waals surface area contributed by atoms with Crippen LogP contribution in [0.15, 0.2) is 42.9 Å². The molecule has 24 heavy (non-hydrogen) atoms. The Morgan fingerprint density at radius 2 is 2.17 bits per heavy atom. The third-order valence-corrected chi connectivity index (χ3v) is 5.51. The molecule has 1 aliphatic heterocycles. The second kappa shape index (κ2) is 6.28. The maximum Gasteiger partial charge on any atom is 0.224 e. The lowest BCUT2D eigenvalue weighted by Crippen LogP contribution is -2.37. The van der Waals surface area contributed by atoms with Crippen molar-refractivity contribution in [3.63, 3.8) is 0 Å². The summed E-state index contributed by atoms with van der Waals surface area (Å²) in [6.45, 7) is 2.40. The Bertz CT molecular complexity index is 874. The van der Waals surface area contributed by atoms with E-state index in [-0.39, 0.29) is 11.3 Å². The van der Waals surface area contributed by atoms with E-state index >= 15 is 0 Å². The Kier molecular flexibility index (Phi) is 3.98. The van der Waals surface area contributed by atoms with E-state index in [1.807, 2.05) is 30.2 Å². The van der Waals surface area contributed by atoms with Gasteiger partial charge >= 0.3 is 0 Å². The van der Waals surface area contributed by atoms with Crippen LogP contribution in [0.25, 0.3) is 10.9 Å². The first-order valence-electron chi connectivity index (χ1n) is 7.97. The molecule has 1 saturated heterocycles. The largest absolute Gasteiger partial charge is 0.361 e. The van der Waals surface area contributed by atoms with E-state index in [0.717, 1.165) is 28.2 Å². The fraction of sp³-hybridized carbons (Fsp3) is 0.278. The van der Waals surface area contributed by atoms with E-state index in [4.69, 9.17) is 0 Å². The molecule has 0 bridgehead atoms. The van der Waals surface area contributed by atoms with E-state index in [2.05, 4.69) is 27.1 Å². The van der Waals surface area contributed by atoms with Gasteiger partial charge in [-0.25, -0.2) is 0 Å². The Balaban J connectivity index is 1.69. The van der Waals surface area contributed by atoms with Gasteiger partial charge in [0, 0.05) is 41.0 Å². The van der Waals surface area contributed by atoms with Crippen molar-refractivity contribution in [3.8, 4) is 0 Å². The van der Waals surface area contributed by atoms with Crippen molar-refractivity contribution in [1.82, 2.24) is 19.9 Å². The summed E-state index contributed by atoms with van der Waals surface area (Å²) in [5, 5.41) is 1.18. The second-order valence-electron chi connectivity index (χ2n) is 5.93. The quantitative estimate of drug-likeness (QED) is 0.795. The van der Waals surface area contributed by atoms with Crippen LogP contribution in [0, 0.1) is 6.92 Å². The summed E-state index contributed by atoms with van der Waals surface area (Å²) in [7, 11) is 0. The number of para-hydroxylation sites is 1. The molecule has 3 aromatic rings. The minimum atomic E-state index is 0.00510. The number of carbonyl (C=O) groups is 1. The molecule has 1 fully saturated rings. The normalized spacial score (nSPS) is 18.3. The minimum absolute atomic E-state index is 0.00510. The number of carbonyl (C=O) groups excluding carboxylic acids is 1. The van der Waals surface area contributed by atoms with E-state index in [0.29, 0.717) is 13.0 Å². The molecule has 0 spiro atoms. The zero-order valence-electron chi connectivity index (χ0n) is 13.4. The van der Waals surface area contributed by atoms with Gasteiger partial charge in [0.05, 0.1) is 24.1 Å². The Labute approximate surface area is 144 Å². The summed E-state index contributed by atoms with van der Waals surface area (Å²) in [6, 6.07) is 8.21. The molecule has 1 unspecified atom stereocenters. The molecular weight excluding hydrogens is 320 g/mol. The lowest BCUT2D eigenvalue weighted by atomic mass is 10.1. The SMILES string of the molecule is Cc1cnc(CN2C(=O)CCSC2c2c[nH]c3ccccc23)cn1. The van der Waals surface area contributed by atoms with Crippen LogP contribution in [0.2, 0.25) is 0 Å². The Morgan fingerprint density at radius 1 is 1.29 bits per heavy atom. The Hall–Kier alpha value is -2.34. The van der Waals surface area contributed by atoms with Crippen molar-refractivity contribution in [2.24, 2.45) is 0 Å². The van der Waals surface area contributed by atoms with Crippen LogP contribution in [0.5, 0.6) is 0 Å². The summed E-state index contributed by atoms with van der Waals surface area (Å²) in [5.41, 5.74) is 3.96. The number of fused-ring (bicyclic) bond motifs is 1. The van der Waals surface area contributed by atoms with Gasteiger partial charge in [-0.05, 0) is 13.0 Å². The summed E-state index contributed by atoms with van der Waals surface area (Å²) < 4.78 is 0. The molecule has 3 heterocycles. The van der Waals surface area contributed by atoms with Crippen molar-refractivity contribution >= 4 is 28.6 Å². The molecule has 122 valence electrons. The minimum Gasteiger partial charge on any atom is -0.361 e. The molecule has 1 amide bonds. The number of hydrogen-bond donors (Lipinski definition) is 1. The number of thioether (sulfide) groups is 1. The van der Waals surface area contributed by atoms with Crippen molar-refractivity contribution in [1.29, 1.82) is 0 Å². The average molecular weight is 338 g/mol. The van der Waals surface area contributed by atoms with Gasteiger partial charge in [0.1, 0.15) is 5.37 Å². The van der Waals surface area contributed by atoms with E-state index < -0.39 is 0 Å². The van der Waals surface area contributed by atoms with Gasteiger partial charge in [0.2, 0.25) is 5.91 Å². The zero-order valence-corrected chi connectivity index (χ0v) is 14.2. The molecule has 1 N–H and O–H groups in total. The Morgan fingerprint density at radius 3 is 3.00 bits per heavy atom. The zero-order chi connectivity index (χ0) is 16.5. The number of hydrogen-bond acceptors (Lipinski definition) is 4. The molecule has 1 atom stereocenters. The first-order chi connectivity index (χ1) is 11.7. The smallest absolute Gasteiger partial charge is 0.224 e. The lowest BCUT2D eigenvalue weighted by molar-refractivity contribution is -0.132. The monoisotopic (exact) mass is 338 g/mol. The fourth-order valence-corrected chi connectivity index (χ4v) is 4.29. The molecule has 5 nitrogen and oxygen atoms in total. The van der Waals surface area contributed by atoms with Crippen LogP contribution in [0.3, 0.4) is 0 Å². The van der Waals surface area contributed by atoms with Crippen LogP contribution in [0.4, 0.5) is 0 Å². The first kappa shape index (κ1) is 15.2. The number of aryl methyl sites for hydroxylation is 1. The predicted octanol–water partition coefficient (Wildman–Crippen LogP) is 3.43. The number of rotatable bonds is 3. The third kappa shape index (κ3) is 2.78. The number of amides is 1. The molecule has 2 aromatic heterocycles. The molecule has 4 rings (SSSR count). The van der Waals surface area contributed by atoms with Gasteiger partial charge in [-0.15, -0.1) is 11.8 Å². The predicted molar refractivity (Wildman–Crippen MR) is 95.4 cm³/mol. The number of benzene rings is 1. The summed E-state index contributed by atoms with van der Waals surface area (Å²) in [4.78, 5) is 26.5. The maximum absolute atomic E-state index is 12.6. The van der Waals surface area contributed by atoms with Crippen LogP contribution in [-0.2, 0) is 11.3 Å². The third-order valence-electron chi connectivity index (χ3n) is 4.25. The molecule has 1 aliphatic rings. The molecule has 0 aliphatic carbocycles. The van der Waals surface area contributed by atoms with Crippen LogP contribution >= 0.6 is 11.8 Å². The number of aromatic amines is 1. The van der Waals surface area contributed by atoms with Gasteiger partial charge in [-0.3, -0.25) is 14.8 Å². The number of nitrogens with one attached hydrogen (secondary N) is 1. The van der Waals surface area contributed by atoms with E-state index in [9.17, 15) is 4.79 Å². The van der Waals surface area contributed by atoms with Gasteiger partial charge < -0.3 is 9.88 Å². The highest BCUT2D eigenvalue weighted by Gasteiger charge is 2.31. The van der Waals surface area contributed by atoms with Crippen molar-refractivity contribution in [2.75, 3.05) is 5.75 Å². The highest BCUT2D eigenvalue weighted by Crippen LogP contribution is 2.40. The first-order valence-corrected chi connectivity index (χ1v) is 9.02. The van der Waals surface area contributed by atoms with E-state index in [1.165, 1.54) is 5.39 Å². The van der Waals surface area contributed by atoms with Gasteiger partial charge in [0.25, 0.3) is 0 Å². The highest BCUT2D eigenvalue weighted by molar-refractivity contribution is 7.99. The van der Waals surface area contributed by atoms with Gasteiger partial charge in [-0.2, -0.15) is 0 Å². The fourth-order valence-electron chi connectivity index (χ4n) is 3.02. The molecule has 0 radical (unpaired) electrons. The maximum atomic E-state index is 12.6. The van der Waals surface area contributed by atoms with Crippen LogP contribution in [0.1, 0.15) is 28.7 Å². The number of H-pyrrole nitrogens is 1. The molecule has 1 aromatic carbocycles. The second-order valence-corrected chi connectivity index (χ2v) is 7.12. The van der Waals surface area contributed by atoms with Crippen molar-refractivity contribution in [2.45, 2.75) is 25.3 Å². The lowest BCUT2D eigenvalue weighted by Gasteiger charge is -2.34. The van der Waals surface area contributed by atoms with Crippen molar-refractivity contribution < 1.29 is 4.79 Å². The van der Waals surface area contributed by atoms with Crippen molar-refractivity contribution in [3.05, 3.63) is 59.8 Å². The number of aromatic nitrogens is 3. The standard InChI is InChI=1S/C18H18N4OS/c1-12-8-20-13(9-19-12)11-22-17(23)6-7-24-18(22)15-10-21-16-5-3-2-4-14(15)16/h2-5,8-10,18,21H,6-7,11H2,1H3. The summed E-state index contributed by atoms with van der Waals surface area (Å²) in [5.74, 6) is 1.02. The summed E-state index contributed by atoms with van der Waals surface area (Å²) in [6.07, 6.45) is 6.10. The van der Waals surface area contributed by atoms with Crippen LogP contribution in [-0.4, -0.2) is 31.5 Å². The van der Waals surface area contributed by atoms with Crippen LogP contribution < -0.4 is 0 Å². The van der Waals surface area contributed by atoms with Gasteiger partial charge in [0.15, 0.2) is 0 Å². The summed E-state index contributed by atoms with van der Waals surface area (Å²) >= 11 is 1.81. The number of nitrogens with zero attached hydrogens (tertiary/aromatic N) is 3. The van der Waals surface area contributed by atoms with E-state index in [1.54, 1.807) is 24.2 Å². The molecule has 6 heteroatoms. The average Bonchev–Trinajstić information content (AvgIpc) is 3.02.